The Kier molecular flexibility index (Phi) is 9.85. The van der Waals surface area contributed by atoms with E-state index in [9.17, 15) is 49.2 Å². The van der Waals surface area contributed by atoms with E-state index in [4.69, 9.17) is 24.3 Å². The summed E-state index contributed by atoms with van der Waals surface area (Å²) in [7, 11) is -11.2. The van der Waals surface area contributed by atoms with Crippen molar-refractivity contribution < 1.29 is 67.3 Å². The van der Waals surface area contributed by atoms with Crippen LogP contribution in [0.5, 0.6) is 0 Å². The number of benzene rings is 1. The number of nitrogens with one attached hydrogen (secondary N) is 1. The lowest BCUT2D eigenvalue weighted by Crippen LogP contribution is -2.58. The molecule has 23 nitrogen and oxygen atoms in total. The van der Waals surface area contributed by atoms with Gasteiger partial charge in [-0.1, -0.05) is 35.5 Å². The van der Waals surface area contributed by atoms with Crippen LogP contribution in [0.15, 0.2) is 47.7 Å². The first kappa shape index (κ1) is 35.3. The fourth-order valence-electron chi connectivity index (χ4n) is 5.17. The first-order valence-electron chi connectivity index (χ1n) is 14.2. The van der Waals surface area contributed by atoms with E-state index in [-0.39, 0.29) is 23.7 Å². The summed E-state index contributed by atoms with van der Waals surface area (Å²) in [6.07, 6.45) is -13.3. The van der Waals surface area contributed by atoms with Crippen molar-refractivity contribution in [3.05, 3.63) is 53.2 Å². The smallest absolute Gasteiger partial charge is 0.388 e. The van der Waals surface area contributed by atoms with Gasteiger partial charge < -0.3 is 50.5 Å². The highest BCUT2D eigenvalue weighted by Gasteiger charge is 2.50. The van der Waals surface area contributed by atoms with Crippen LogP contribution in [0.25, 0.3) is 22.4 Å². The van der Waals surface area contributed by atoms with E-state index in [0.717, 1.165) is 16.5 Å². The Balaban J connectivity index is 1.07. The maximum Gasteiger partial charge on any atom is 0.483 e. The number of nitrogens with zero attached hydrogens (tertiary/aromatic N) is 6. The topological polar surface area (TPSA) is 342 Å². The molecule has 0 radical (unpaired) electrons. The zero-order valence-electron chi connectivity index (χ0n) is 24.7. The summed E-state index contributed by atoms with van der Waals surface area (Å²) >= 11 is 0. The van der Waals surface area contributed by atoms with E-state index in [1.165, 1.54) is 10.9 Å². The number of imidazole rings is 1. The van der Waals surface area contributed by atoms with Crippen LogP contribution >= 0.6 is 15.6 Å². The molecular weight excluding hydrogens is 702 g/mol. The van der Waals surface area contributed by atoms with Gasteiger partial charge in [0.05, 0.1) is 25.7 Å². The van der Waals surface area contributed by atoms with Crippen molar-refractivity contribution in [2.75, 3.05) is 12.3 Å². The molecule has 2 unspecified atom stereocenters. The number of nitrogens with two attached hydrogens (primary N) is 1. The number of nitrogen functional groups attached to an aromatic ring is 1. The molecule has 49 heavy (non-hydrogen) atoms. The second-order valence-corrected chi connectivity index (χ2v) is 13.9. The third-order valence-corrected chi connectivity index (χ3v) is 10.2. The first-order valence-corrected chi connectivity index (χ1v) is 17.2. The Labute approximate surface area is 273 Å². The molecule has 5 heterocycles. The van der Waals surface area contributed by atoms with E-state index < -0.39 is 83.1 Å². The predicted molar refractivity (Wildman–Crippen MR) is 158 cm³/mol. The van der Waals surface area contributed by atoms with Gasteiger partial charge in [-0.25, -0.2) is 18.8 Å². The number of hydrogen-bond donors (Lipinski definition) is 9. The molecular formula is C24H30N8O15P2. The van der Waals surface area contributed by atoms with Gasteiger partial charge in [-0.05, 0) is 0 Å². The molecule has 0 saturated carbocycles. The minimum atomic E-state index is -5.66. The lowest BCUT2D eigenvalue weighted by Gasteiger charge is -2.40. The summed E-state index contributed by atoms with van der Waals surface area (Å²) in [5.41, 5.74) is 5.78. The molecule has 4 aromatic rings. The van der Waals surface area contributed by atoms with Crippen molar-refractivity contribution in [3.63, 3.8) is 0 Å². The van der Waals surface area contributed by atoms with Crippen molar-refractivity contribution in [1.82, 2.24) is 34.5 Å². The number of aliphatic hydroxyl groups is 5. The molecule has 6 rings (SSSR count). The van der Waals surface area contributed by atoms with Gasteiger partial charge in [-0.15, -0.1) is 5.10 Å². The molecule has 2 aliphatic heterocycles. The summed E-state index contributed by atoms with van der Waals surface area (Å²) in [4.78, 5) is 42.5. The maximum absolute atomic E-state index is 12.7. The molecule has 10 N–H and O–H groups in total. The zero-order chi connectivity index (χ0) is 35.2. The quantitative estimate of drug-likeness (QED) is 0.0710. The van der Waals surface area contributed by atoms with Crippen LogP contribution in [0, 0.1) is 0 Å². The maximum atomic E-state index is 12.7. The number of phosphoric acid groups is 2. The van der Waals surface area contributed by atoms with E-state index >= 15 is 0 Å². The molecule has 2 aliphatic rings. The largest absolute Gasteiger partial charge is 0.483 e. The second kappa shape index (κ2) is 13.7. The van der Waals surface area contributed by atoms with Gasteiger partial charge in [-0.2, -0.15) is 9.29 Å². The summed E-state index contributed by atoms with van der Waals surface area (Å²) in [6.45, 7) is -1.28. The van der Waals surface area contributed by atoms with Gasteiger partial charge in [0.2, 0.25) is 5.95 Å². The Bertz CT molecular complexity index is 1940. The molecule has 266 valence electrons. The second-order valence-electron chi connectivity index (χ2n) is 10.9. The van der Waals surface area contributed by atoms with Crippen LogP contribution in [-0.4, -0.2) is 125 Å². The minimum absolute atomic E-state index is 0.112. The van der Waals surface area contributed by atoms with Crippen molar-refractivity contribution >= 4 is 32.8 Å². The Hall–Kier alpha value is -3.51. The van der Waals surface area contributed by atoms with Crippen LogP contribution in [0.3, 0.4) is 0 Å². The van der Waals surface area contributed by atoms with Crippen molar-refractivity contribution in [3.8, 4) is 11.3 Å². The highest BCUT2D eigenvalue weighted by atomic mass is 31.3. The molecule has 0 spiro atoms. The van der Waals surface area contributed by atoms with Gasteiger partial charge in [0, 0.05) is 5.56 Å². The Morgan fingerprint density at radius 3 is 2.39 bits per heavy atom. The lowest BCUT2D eigenvalue weighted by atomic mass is 9.99. The molecule has 2 saturated heterocycles. The van der Waals surface area contributed by atoms with Crippen molar-refractivity contribution in [2.45, 2.75) is 61.8 Å². The van der Waals surface area contributed by atoms with Crippen LogP contribution < -0.4 is 11.3 Å². The number of phosphoric ester groups is 2. The monoisotopic (exact) mass is 732 g/mol. The van der Waals surface area contributed by atoms with E-state index in [0.29, 0.717) is 5.69 Å². The summed E-state index contributed by atoms with van der Waals surface area (Å²) < 4.78 is 52.3. The van der Waals surface area contributed by atoms with Gasteiger partial charge >= 0.3 is 15.6 Å². The van der Waals surface area contributed by atoms with Crippen LogP contribution in [0.2, 0.25) is 0 Å². The molecule has 0 amide bonds. The standard InChI is InChI=1S/C24H30N8O15P2/c25-24-27-20-14(21(38)28-24)26-9-32(20)22-18(36)16(34)13(44-22)8-43-48(39,40)47-49(41,42)46-23-19(37)17(35)15(33)12(45-23)7-31-6-11(29-30-31)10-4-2-1-3-5-10/h1-6,9,12-13,15-19,22-23,33-37H,7-8H2,(H,39,40)(H,41,42)(H3,25,27,28,38)/t12-,13+,15+,16+,17+,18+,19-,22+,23+/m0/s1. The number of H-pyrrole nitrogens is 1. The van der Waals surface area contributed by atoms with Gasteiger partial charge in [0.15, 0.2) is 23.7 Å². The van der Waals surface area contributed by atoms with Crippen LogP contribution in [0.4, 0.5) is 5.95 Å². The molecule has 11 atom stereocenters. The van der Waals surface area contributed by atoms with E-state index in [1.54, 1.807) is 30.3 Å². The molecule has 25 heteroatoms. The third-order valence-electron chi connectivity index (χ3n) is 7.55. The number of aromatic nitrogens is 7. The molecule has 3 aromatic heterocycles. The SMILES string of the molecule is Nc1nc2c(ncn2[C@@H]2O[C@H](COP(=O)(O)OP(=O)(O)O[C@H]3O[C@@H](Cn4cc(-c5ccccc5)nn4)[C@@H](O)[C@@H](O)[C@@H]3O)[C@@H](O)[C@H]2O)c(=O)[nH]1. The van der Waals surface area contributed by atoms with Crippen LogP contribution in [0.1, 0.15) is 6.23 Å². The van der Waals surface area contributed by atoms with Gasteiger partial charge in [0.1, 0.15) is 48.4 Å². The minimum Gasteiger partial charge on any atom is -0.388 e. The number of anilines is 1. The van der Waals surface area contributed by atoms with Gasteiger partial charge in [0.25, 0.3) is 5.56 Å². The Morgan fingerprint density at radius 1 is 0.939 bits per heavy atom. The fraction of sp³-hybridized carbons (Fsp3) is 0.458. The first-order chi connectivity index (χ1) is 23.1. The van der Waals surface area contributed by atoms with Crippen molar-refractivity contribution in [2.24, 2.45) is 0 Å². The number of hydrogen-bond acceptors (Lipinski definition) is 18. The van der Waals surface area contributed by atoms with Crippen LogP contribution in [-0.2, 0) is 38.5 Å². The van der Waals surface area contributed by atoms with Gasteiger partial charge in [-0.3, -0.25) is 23.4 Å². The average molecular weight is 732 g/mol. The summed E-state index contributed by atoms with van der Waals surface area (Å²) in [5, 5.41) is 60.2. The van der Waals surface area contributed by atoms with Crippen molar-refractivity contribution in [1.29, 1.82) is 0 Å². The number of rotatable bonds is 11. The molecule has 0 aliphatic carbocycles. The highest BCUT2D eigenvalue weighted by Crippen LogP contribution is 2.61. The predicted octanol–water partition coefficient (Wildman–Crippen LogP) is -2.66. The Morgan fingerprint density at radius 2 is 1.65 bits per heavy atom. The summed E-state index contributed by atoms with van der Waals surface area (Å²) in [6, 6.07) is 8.92. The number of aliphatic hydroxyl groups excluding tert-OH is 5. The zero-order valence-corrected chi connectivity index (χ0v) is 26.5. The summed E-state index contributed by atoms with van der Waals surface area (Å²) in [5.74, 6) is -0.277. The third kappa shape index (κ3) is 7.50. The number of fused-ring (bicyclic) bond motifs is 1. The normalized spacial score (nSPS) is 31.4. The number of ether oxygens (including phenoxy) is 2. The molecule has 0 bridgehead atoms. The fourth-order valence-corrected chi connectivity index (χ4v) is 7.32. The van der Waals surface area contributed by atoms with E-state index in [2.05, 4.69) is 29.6 Å². The number of aromatic amines is 1. The molecule has 2 fully saturated rings. The highest BCUT2D eigenvalue weighted by molar-refractivity contribution is 7.61. The molecule has 1 aromatic carbocycles. The van der Waals surface area contributed by atoms with E-state index in [1.807, 2.05) is 0 Å². The lowest BCUT2D eigenvalue weighted by molar-refractivity contribution is -0.278. The average Bonchev–Trinajstić information content (AvgIpc) is 3.75.